The van der Waals surface area contributed by atoms with Gasteiger partial charge in [0.15, 0.2) is 0 Å². The van der Waals surface area contributed by atoms with Gasteiger partial charge in [0.25, 0.3) is 0 Å². The summed E-state index contributed by atoms with van der Waals surface area (Å²) < 4.78 is 0.796. The van der Waals surface area contributed by atoms with Crippen LogP contribution in [0.15, 0.2) is 48.5 Å². The molecular formula is C13H8ClNS. The monoisotopic (exact) mass is 245 g/mol. The summed E-state index contributed by atoms with van der Waals surface area (Å²) in [6, 6.07) is 16.1. The van der Waals surface area contributed by atoms with Gasteiger partial charge in [-0.1, -0.05) is 35.9 Å². The first-order valence-corrected chi connectivity index (χ1v) is 6.14. The third-order valence-corrected chi connectivity index (χ3v) is 3.68. The second-order valence-electron chi connectivity index (χ2n) is 3.49. The highest BCUT2D eigenvalue weighted by Crippen LogP contribution is 2.30. The van der Waals surface area contributed by atoms with Crippen molar-refractivity contribution in [3.63, 3.8) is 0 Å². The fraction of sp³-hybridized carbons (Fsp3) is 0. The third-order valence-electron chi connectivity index (χ3n) is 2.42. The number of para-hydroxylation sites is 1. The van der Waals surface area contributed by atoms with Crippen LogP contribution in [0.1, 0.15) is 0 Å². The van der Waals surface area contributed by atoms with Crippen LogP contribution in [0.2, 0.25) is 4.34 Å². The van der Waals surface area contributed by atoms with Crippen LogP contribution in [-0.2, 0) is 0 Å². The molecule has 1 nitrogen and oxygen atoms in total. The summed E-state index contributed by atoms with van der Waals surface area (Å²) in [5.41, 5.74) is 2.00. The molecule has 3 aromatic rings. The second-order valence-corrected chi connectivity index (χ2v) is 5.21. The standard InChI is InChI=1S/C13H8ClNS/c14-13-8-7-12(16-13)11-6-5-9-3-1-2-4-10(9)15-11/h1-8H. The van der Waals surface area contributed by atoms with Crippen molar-refractivity contribution in [2.75, 3.05) is 0 Å². The highest BCUT2D eigenvalue weighted by molar-refractivity contribution is 7.19. The summed E-state index contributed by atoms with van der Waals surface area (Å²) >= 11 is 7.47. The Morgan fingerprint density at radius 3 is 2.62 bits per heavy atom. The van der Waals surface area contributed by atoms with Gasteiger partial charge in [0, 0.05) is 5.39 Å². The number of hydrogen-bond acceptors (Lipinski definition) is 2. The summed E-state index contributed by atoms with van der Waals surface area (Å²) in [5, 5.41) is 1.16. The number of thiophene rings is 1. The smallest absolute Gasteiger partial charge is 0.0935 e. The van der Waals surface area contributed by atoms with Crippen LogP contribution < -0.4 is 0 Å². The van der Waals surface area contributed by atoms with Crippen LogP contribution in [0, 0.1) is 0 Å². The molecule has 0 saturated heterocycles. The third kappa shape index (κ3) is 1.70. The summed E-state index contributed by atoms with van der Waals surface area (Å²) in [4.78, 5) is 5.72. The number of pyridine rings is 1. The molecule has 0 amide bonds. The molecule has 0 bridgehead atoms. The molecular weight excluding hydrogens is 238 g/mol. The van der Waals surface area contributed by atoms with Crippen molar-refractivity contribution < 1.29 is 0 Å². The van der Waals surface area contributed by atoms with Gasteiger partial charge in [-0.3, -0.25) is 0 Å². The lowest BCUT2D eigenvalue weighted by Gasteiger charge is -1.99. The van der Waals surface area contributed by atoms with E-state index in [1.54, 1.807) is 11.3 Å². The van der Waals surface area contributed by atoms with E-state index in [1.807, 2.05) is 36.4 Å². The first-order chi connectivity index (χ1) is 7.83. The maximum Gasteiger partial charge on any atom is 0.0935 e. The van der Waals surface area contributed by atoms with Crippen LogP contribution in [0.25, 0.3) is 21.5 Å². The summed E-state index contributed by atoms with van der Waals surface area (Å²) in [6.45, 7) is 0. The Kier molecular flexibility index (Phi) is 2.39. The first kappa shape index (κ1) is 9.82. The molecule has 0 atom stereocenters. The molecule has 0 N–H and O–H groups in total. The molecule has 0 fully saturated rings. The highest BCUT2D eigenvalue weighted by atomic mass is 35.5. The largest absolute Gasteiger partial charge is 0.247 e. The van der Waals surface area contributed by atoms with Crippen molar-refractivity contribution >= 4 is 33.8 Å². The normalized spacial score (nSPS) is 10.8. The molecule has 16 heavy (non-hydrogen) atoms. The fourth-order valence-corrected chi connectivity index (χ4v) is 2.67. The Hall–Kier alpha value is -1.38. The molecule has 0 radical (unpaired) electrons. The Morgan fingerprint density at radius 2 is 1.81 bits per heavy atom. The Morgan fingerprint density at radius 1 is 0.938 bits per heavy atom. The maximum absolute atomic E-state index is 5.92. The van der Waals surface area contributed by atoms with E-state index in [2.05, 4.69) is 17.1 Å². The predicted octanol–water partition coefficient (Wildman–Crippen LogP) is 4.62. The lowest BCUT2D eigenvalue weighted by Crippen LogP contribution is -1.81. The van der Waals surface area contributed by atoms with Gasteiger partial charge in [0.05, 0.1) is 20.4 Å². The first-order valence-electron chi connectivity index (χ1n) is 4.94. The topological polar surface area (TPSA) is 12.9 Å². The molecule has 0 unspecified atom stereocenters. The molecule has 78 valence electrons. The average molecular weight is 246 g/mol. The molecule has 3 rings (SSSR count). The van der Waals surface area contributed by atoms with E-state index in [4.69, 9.17) is 11.6 Å². The van der Waals surface area contributed by atoms with Gasteiger partial charge in [0.1, 0.15) is 0 Å². The van der Waals surface area contributed by atoms with Crippen LogP contribution >= 0.6 is 22.9 Å². The minimum Gasteiger partial charge on any atom is -0.247 e. The number of aromatic nitrogens is 1. The van der Waals surface area contributed by atoms with Crippen LogP contribution in [-0.4, -0.2) is 4.98 Å². The molecule has 2 heterocycles. The van der Waals surface area contributed by atoms with Crippen molar-refractivity contribution in [1.82, 2.24) is 4.98 Å². The SMILES string of the molecule is Clc1ccc(-c2ccc3ccccc3n2)s1. The van der Waals surface area contributed by atoms with Gasteiger partial charge in [-0.05, 0) is 24.3 Å². The van der Waals surface area contributed by atoms with E-state index >= 15 is 0 Å². The lowest BCUT2D eigenvalue weighted by atomic mass is 10.2. The highest BCUT2D eigenvalue weighted by Gasteiger charge is 2.03. The lowest BCUT2D eigenvalue weighted by molar-refractivity contribution is 1.42. The molecule has 0 saturated carbocycles. The van der Waals surface area contributed by atoms with Crippen molar-refractivity contribution in [2.45, 2.75) is 0 Å². The van der Waals surface area contributed by atoms with Crippen LogP contribution in [0.4, 0.5) is 0 Å². The number of hydrogen-bond donors (Lipinski definition) is 0. The van der Waals surface area contributed by atoms with Gasteiger partial charge < -0.3 is 0 Å². The Bertz CT molecular complexity index is 645. The minimum atomic E-state index is 0.796. The Labute approximate surface area is 102 Å². The quantitative estimate of drug-likeness (QED) is 0.610. The number of rotatable bonds is 1. The van der Waals surface area contributed by atoms with Crippen LogP contribution in [0.5, 0.6) is 0 Å². The molecule has 0 spiro atoms. The van der Waals surface area contributed by atoms with Crippen LogP contribution in [0.3, 0.4) is 0 Å². The molecule has 2 aromatic heterocycles. The Balaban J connectivity index is 2.18. The van der Waals surface area contributed by atoms with Crippen molar-refractivity contribution in [1.29, 1.82) is 0 Å². The average Bonchev–Trinajstić information content (AvgIpc) is 2.75. The number of benzene rings is 1. The zero-order valence-electron chi connectivity index (χ0n) is 8.35. The van der Waals surface area contributed by atoms with Gasteiger partial charge in [-0.25, -0.2) is 4.98 Å². The molecule has 0 aliphatic heterocycles. The summed E-state index contributed by atoms with van der Waals surface area (Å²) in [7, 11) is 0. The maximum atomic E-state index is 5.92. The minimum absolute atomic E-state index is 0.796. The van der Waals surface area contributed by atoms with Gasteiger partial charge in [0.2, 0.25) is 0 Å². The number of halogens is 1. The van der Waals surface area contributed by atoms with E-state index < -0.39 is 0 Å². The fourth-order valence-electron chi connectivity index (χ4n) is 1.66. The zero-order chi connectivity index (χ0) is 11.0. The van der Waals surface area contributed by atoms with Crippen molar-refractivity contribution in [3.05, 3.63) is 52.9 Å². The number of nitrogens with zero attached hydrogens (tertiary/aromatic N) is 1. The summed E-state index contributed by atoms with van der Waals surface area (Å²) in [5.74, 6) is 0. The molecule has 0 aliphatic rings. The van der Waals surface area contributed by atoms with Gasteiger partial charge >= 0.3 is 0 Å². The predicted molar refractivity (Wildman–Crippen MR) is 70.1 cm³/mol. The zero-order valence-corrected chi connectivity index (χ0v) is 9.92. The van der Waals surface area contributed by atoms with Gasteiger partial charge in [-0.15, -0.1) is 11.3 Å². The molecule has 0 aliphatic carbocycles. The van der Waals surface area contributed by atoms with E-state index in [1.165, 1.54) is 0 Å². The summed E-state index contributed by atoms with van der Waals surface area (Å²) in [6.07, 6.45) is 0. The second kappa shape index (κ2) is 3.89. The van der Waals surface area contributed by atoms with E-state index in [9.17, 15) is 0 Å². The van der Waals surface area contributed by atoms with E-state index in [0.717, 1.165) is 25.8 Å². The van der Waals surface area contributed by atoms with E-state index in [0.29, 0.717) is 0 Å². The van der Waals surface area contributed by atoms with Gasteiger partial charge in [-0.2, -0.15) is 0 Å². The molecule has 3 heteroatoms. The van der Waals surface area contributed by atoms with Crippen molar-refractivity contribution in [2.24, 2.45) is 0 Å². The molecule has 1 aromatic carbocycles. The van der Waals surface area contributed by atoms with Crippen molar-refractivity contribution in [3.8, 4) is 10.6 Å². The van der Waals surface area contributed by atoms with E-state index in [-0.39, 0.29) is 0 Å². The number of fused-ring (bicyclic) bond motifs is 1.